The van der Waals surface area contributed by atoms with Crippen molar-refractivity contribution in [3.8, 4) is 0 Å². The maximum atomic E-state index is 12.6. The molecule has 9 heteroatoms. The molecule has 0 radical (unpaired) electrons. The number of hydrogen-bond donors (Lipinski definition) is 3. The second-order valence-electron chi connectivity index (χ2n) is 5.93. The normalized spacial score (nSPS) is 13.1. The van der Waals surface area contributed by atoms with E-state index >= 15 is 0 Å². The standard InChI is InChI=1S/C18H17ClN4O4/c1-27-23(26)18(25)14(7-11-5-3-2-4-6-11)22-17(24)13-8-12-9-16(19)20-10-15(12)21-13/h2-6,8-10,14,18,25H,7H2,1H3,(H-,20,21,22,24)/p+1/t14-,18-/m0/s1. The lowest BCUT2D eigenvalue weighted by atomic mass is 10.0. The Bertz CT molecular complexity index is 960. The van der Waals surface area contributed by atoms with Crippen LogP contribution in [0.2, 0.25) is 5.15 Å². The van der Waals surface area contributed by atoms with Crippen LogP contribution >= 0.6 is 11.6 Å². The average Bonchev–Trinajstić information content (AvgIpc) is 3.10. The summed E-state index contributed by atoms with van der Waals surface area (Å²) in [6.07, 6.45) is 0.179. The van der Waals surface area contributed by atoms with Crippen molar-refractivity contribution in [2.45, 2.75) is 18.7 Å². The zero-order valence-corrected chi connectivity index (χ0v) is 15.2. The Morgan fingerprint density at radius 3 is 2.81 bits per heavy atom. The van der Waals surface area contributed by atoms with Crippen LogP contribution in [0.15, 0.2) is 48.7 Å². The summed E-state index contributed by atoms with van der Waals surface area (Å²) in [5.41, 5.74) is 1.75. The summed E-state index contributed by atoms with van der Waals surface area (Å²) < 4.78 is 0. The van der Waals surface area contributed by atoms with Crippen LogP contribution in [-0.4, -0.2) is 45.3 Å². The number of rotatable bonds is 7. The Hall–Kier alpha value is -2.97. The predicted molar refractivity (Wildman–Crippen MR) is 99.1 cm³/mol. The third-order valence-corrected chi connectivity index (χ3v) is 4.29. The highest BCUT2D eigenvalue weighted by atomic mass is 35.5. The molecule has 0 bridgehead atoms. The van der Waals surface area contributed by atoms with Crippen molar-refractivity contribution < 1.29 is 19.7 Å². The minimum Gasteiger partial charge on any atom is -0.349 e. The summed E-state index contributed by atoms with van der Waals surface area (Å²) in [7, 11) is 1.14. The molecule has 8 nitrogen and oxygen atoms in total. The highest BCUT2D eigenvalue weighted by molar-refractivity contribution is 6.30. The van der Waals surface area contributed by atoms with E-state index in [1.807, 2.05) is 30.3 Å². The number of nitrogens with zero attached hydrogens (tertiary/aromatic N) is 2. The molecule has 0 aliphatic rings. The molecular formula is C18H18ClN4O4+. The number of carbonyl (C=O) groups is 1. The number of fused-ring (bicyclic) bond motifs is 1. The van der Waals surface area contributed by atoms with Gasteiger partial charge in [-0.15, -0.1) is 0 Å². The van der Waals surface area contributed by atoms with Gasteiger partial charge >= 0.3 is 6.23 Å². The molecular weight excluding hydrogens is 372 g/mol. The van der Waals surface area contributed by atoms with Crippen LogP contribution in [0.1, 0.15) is 16.1 Å². The van der Waals surface area contributed by atoms with Gasteiger partial charge in [0.05, 0.1) is 16.6 Å². The Balaban J connectivity index is 1.82. The smallest absolute Gasteiger partial charge is 0.349 e. The summed E-state index contributed by atoms with van der Waals surface area (Å²) in [4.78, 5) is 35.8. The molecule has 0 saturated heterocycles. The van der Waals surface area contributed by atoms with Crippen molar-refractivity contribution >= 4 is 28.4 Å². The second-order valence-corrected chi connectivity index (χ2v) is 6.32. The number of aromatic nitrogens is 2. The maximum Gasteiger partial charge on any atom is 0.378 e. The van der Waals surface area contributed by atoms with Gasteiger partial charge in [0.15, 0.2) is 7.11 Å². The van der Waals surface area contributed by atoms with Gasteiger partial charge in [0.25, 0.3) is 10.8 Å². The molecule has 0 aliphatic carbocycles. The zero-order valence-electron chi connectivity index (χ0n) is 14.4. The third-order valence-electron chi connectivity index (χ3n) is 4.09. The highest BCUT2D eigenvalue weighted by Gasteiger charge is 2.36. The molecule has 3 N–H and O–H groups in total. The fourth-order valence-corrected chi connectivity index (χ4v) is 2.89. The van der Waals surface area contributed by atoms with Gasteiger partial charge in [-0.1, -0.05) is 41.9 Å². The number of carbonyl (C=O) groups excluding carboxylic acids is 1. The van der Waals surface area contributed by atoms with E-state index in [-0.39, 0.29) is 17.0 Å². The number of halogens is 1. The van der Waals surface area contributed by atoms with Gasteiger partial charge < -0.3 is 15.4 Å². The number of hydrogen-bond acceptors (Lipinski definition) is 5. The van der Waals surface area contributed by atoms with Crippen LogP contribution in [0, 0.1) is 4.91 Å². The number of amides is 1. The van der Waals surface area contributed by atoms with Crippen molar-refractivity contribution in [3.63, 3.8) is 0 Å². The highest BCUT2D eigenvalue weighted by Crippen LogP contribution is 2.18. The second kappa shape index (κ2) is 8.15. The summed E-state index contributed by atoms with van der Waals surface area (Å²) in [6.45, 7) is 0. The van der Waals surface area contributed by atoms with Gasteiger partial charge in [-0.25, -0.2) is 9.82 Å². The first-order valence-electron chi connectivity index (χ1n) is 8.15. The van der Waals surface area contributed by atoms with E-state index in [9.17, 15) is 14.8 Å². The van der Waals surface area contributed by atoms with Gasteiger partial charge in [-0.3, -0.25) is 4.79 Å². The van der Waals surface area contributed by atoms with Crippen LogP contribution in [0.5, 0.6) is 0 Å². The summed E-state index contributed by atoms with van der Waals surface area (Å²) in [6, 6.07) is 11.5. The van der Waals surface area contributed by atoms with Crippen LogP contribution in [-0.2, 0) is 11.3 Å². The van der Waals surface area contributed by atoms with Gasteiger partial charge in [-0.2, -0.15) is 0 Å². The Kier molecular flexibility index (Phi) is 5.68. The first kappa shape index (κ1) is 18.8. The zero-order chi connectivity index (χ0) is 19.4. The minimum atomic E-state index is -1.58. The Morgan fingerprint density at radius 1 is 1.37 bits per heavy atom. The quantitative estimate of drug-likeness (QED) is 0.326. The molecule has 27 heavy (non-hydrogen) atoms. The van der Waals surface area contributed by atoms with Gasteiger partial charge in [0.2, 0.25) is 0 Å². The van der Waals surface area contributed by atoms with Crippen molar-refractivity contribution in [1.29, 1.82) is 0 Å². The Labute approximate surface area is 159 Å². The molecule has 2 heterocycles. The van der Waals surface area contributed by atoms with Crippen LogP contribution in [0.4, 0.5) is 0 Å². The first-order valence-corrected chi connectivity index (χ1v) is 8.53. The van der Waals surface area contributed by atoms with Gasteiger partial charge in [0.1, 0.15) is 16.9 Å². The number of H-pyrrole nitrogens is 1. The maximum absolute atomic E-state index is 12.6. The first-order chi connectivity index (χ1) is 13.0. The van der Waals surface area contributed by atoms with Crippen LogP contribution in [0.3, 0.4) is 0 Å². The molecule has 0 saturated carbocycles. The molecule has 1 amide bonds. The van der Waals surface area contributed by atoms with Crippen LogP contribution < -0.4 is 5.32 Å². The monoisotopic (exact) mass is 389 g/mol. The molecule has 0 spiro atoms. The Morgan fingerprint density at radius 2 is 2.11 bits per heavy atom. The van der Waals surface area contributed by atoms with E-state index in [1.165, 1.54) is 6.20 Å². The molecule has 3 aromatic rings. The van der Waals surface area contributed by atoms with Gasteiger partial charge in [-0.05, 0) is 17.7 Å². The van der Waals surface area contributed by atoms with Crippen molar-refractivity contribution in [2.75, 3.05) is 7.11 Å². The van der Waals surface area contributed by atoms with Crippen molar-refractivity contribution in [2.24, 2.45) is 0 Å². The SMILES string of the molecule is CO[N+](=O)[C@@H](O)[C@H](Cc1ccccc1)NC(=O)c1cc2cc(Cl)ncc2[nH]1. The van der Waals surface area contributed by atoms with E-state index in [1.54, 1.807) is 12.1 Å². The van der Waals surface area contributed by atoms with Crippen molar-refractivity contribution in [1.82, 2.24) is 15.3 Å². The number of pyridine rings is 1. The largest absolute Gasteiger partial charge is 0.378 e. The van der Waals surface area contributed by atoms with E-state index < -0.39 is 18.2 Å². The van der Waals surface area contributed by atoms with E-state index in [0.717, 1.165) is 18.1 Å². The lowest BCUT2D eigenvalue weighted by Gasteiger charge is -2.17. The summed E-state index contributed by atoms with van der Waals surface area (Å²) in [5.74, 6) is -0.480. The fraction of sp³-hybridized carbons (Fsp3) is 0.222. The lowest BCUT2D eigenvalue weighted by Crippen LogP contribution is -2.49. The molecule has 0 aliphatic heterocycles. The average molecular weight is 390 g/mol. The molecule has 0 fully saturated rings. The fourth-order valence-electron chi connectivity index (χ4n) is 2.73. The topological polar surface area (TPSA) is 107 Å². The summed E-state index contributed by atoms with van der Waals surface area (Å²) in [5, 5.41) is 14.0. The van der Waals surface area contributed by atoms with Crippen LogP contribution in [0.25, 0.3) is 10.9 Å². The summed E-state index contributed by atoms with van der Waals surface area (Å²) >= 11 is 5.86. The molecule has 0 unspecified atom stereocenters. The molecule has 3 rings (SSSR count). The molecule has 2 aromatic heterocycles. The molecule has 1 aromatic carbocycles. The predicted octanol–water partition coefficient (Wildman–Crippen LogP) is 2.22. The number of benzene rings is 1. The number of aliphatic hydroxyl groups is 1. The van der Waals surface area contributed by atoms with E-state index in [0.29, 0.717) is 10.7 Å². The van der Waals surface area contributed by atoms with E-state index in [2.05, 4.69) is 20.1 Å². The lowest BCUT2D eigenvalue weighted by molar-refractivity contribution is -0.843. The molecule has 140 valence electrons. The number of aliphatic hydroxyl groups excluding tert-OH is 1. The number of nitrogens with one attached hydrogen (secondary N) is 2. The van der Waals surface area contributed by atoms with Crippen molar-refractivity contribution in [3.05, 3.63) is 70.0 Å². The van der Waals surface area contributed by atoms with E-state index in [4.69, 9.17) is 11.6 Å². The minimum absolute atomic E-state index is 0.0444. The number of aromatic amines is 1. The molecule has 2 atom stereocenters. The van der Waals surface area contributed by atoms with Gasteiger partial charge in [0, 0.05) is 11.8 Å². The third kappa shape index (κ3) is 4.42.